The Kier molecular flexibility index (Phi) is 5.53. The Morgan fingerprint density at radius 1 is 1.11 bits per heavy atom. The van der Waals surface area contributed by atoms with Gasteiger partial charge in [0, 0.05) is 23.1 Å². The molecule has 4 aromatic rings. The number of nitrogens with zero attached hydrogens (tertiary/aromatic N) is 4. The lowest BCUT2D eigenvalue weighted by atomic mass is 10.0. The lowest BCUT2D eigenvalue weighted by molar-refractivity contribution is -0.116. The summed E-state index contributed by atoms with van der Waals surface area (Å²) in [6.07, 6.45) is 3.31. The average molecular weight is 465 g/mol. The molecule has 2 amide bonds. The fourth-order valence-electron chi connectivity index (χ4n) is 4.56. The van der Waals surface area contributed by atoms with Crippen LogP contribution in [0, 0.1) is 32.1 Å². The van der Waals surface area contributed by atoms with Crippen LogP contribution in [-0.2, 0) is 11.2 Å². The Morgan fingerprint density at radius 3 is 2.74 bits per heavy atom. The maximum absolute atomic E-state index is 13.2. The molecule has 1 aliphatic rings. The summed E-state index contributed by atoms with van der Waals surface area (Å²) in [6.45, 7) is 6.07. The van der Waals surface area contributed by atoms with Gasteiger partial charge in [-0.25, -0.2) is 4.98 Å². The number of benzene rings is 2. The van der Waals surface area contributed by atoms with Crippen LogP contribution in [0.25, 0.3) is 16.7 Å². The van der Waals surface area contributed by atoms with E-state index in [0.29, 0.717) is 24.2 Å². The summed E-state index contributed by atoms with van der Waals surface area (Å²) in [5.74, 6) is 0.387. The predicted octanol–water partition coefficient (Wildman–Crippen LogP) is 4.74. The highest BCUT2D eigenvalue weighted by Gasteiger charge is 2.20. The van der Waals surface area contributed by atoms with Gasteiger partial charge in [0.15, 0.2) is 11.6 Å². The van der Waals surface area contributed by atoms with Crippen LogP contribution in [0.15, 0.2) is 42.6 Å². The summed E-state index contributed by atoms with van der Waals surface area (Å²) in [6, 6.07) is 13.4. The van der Waals surface area contributed by atoms with Crippen LogP contribution in [0.5, 0.6) is 0 Å². The normalized spacial score (nSPS) is 13.0. The molecule has 174 valence electrons. The molecule has 0 fully saturated rings. The maximum Gasteiger partial charge on any atom is 0.256 e. The number of carbonyl (C=O) groups is 2. The number of carbonyl (C=O) groups excluding carboxylic acids is 2. The van der Waals surface area contributed by atoms with E-state index in [2.05, 4.69) is 40.9 Å². The van der Waals surface area contributed by atoms with Crippen molar-refractivity contribution in [1.29, 1.82) is 5.26 Å². The highest BCUT2D eigenvalue weighted by molar-refractivity contribution is 6.05. The monoisotopic (exact) mass is 464 g/mol. The number of hydrogen-bond donors (Lipinski definition) is 2. The molecule has 8 nitrogen and oxygen atoms in total. The molecule has 8 heteroatoms. The van der Waals surface area contributed by atoms with Gasteiger partial charge < -0.3 is 10.6 Å². The first-order chi connectivity index (χ1) is 16.8. The smallest absolute Gasteiger partial charge is 0.256 e. The third kappa shape index (κ3) is 4.13. The summed E-state index contributed by atoms with van der Waals surface area (Å²) in [4.78, 5) is 29.8. The van der Waals surface area contributed by atoms with Gasteiger partial charge in [-0.3, -0.25) is 9.59 Å². The first-order valence-electron chi connectivity index (χ1n) is 11.5. The van der Waals surface area contributed by atoms with Crippen molar-refractivity contribution in [1.82, 2.24) is 14.8 Å². The van der Waals surface area contributed by atoms with Crippen LogP contribution in [-0.4, -0.2) is 26.6 Å². The lowest BCUT2D eigenvalue weighted by Crippen LogP contribution is -2.17. The van der Waals surface area contributed by atoms with Crippen molar-refractivity contribution >= 4 is 34.2 Å². The molecular weight excluding hydrogens is 440 g/mol. The van der Waals surface area contributed by atoms with Gasteiger partial charge in [0.1, 0.15) is 11.6 Å². The summed E-state index contributed by atoms with van der Waals surface area (Å²) in [5, 5.41) is 20.8. The third-order valence-electron chi connectivity index (χ3n) is 6.27. The van der Waals surface area contributed by atoms with Crippen LogP contribution >= 0.6 is 0 Å². The van der Waals surface area contributed by atoms with Gasteiger partial charge in [-0.05, 0) is 80.6 Å². The van der Waals surface area contributed by atoms with E-state index in [1.807, 2.05) is 19.9 Å². The topological polar surface area (TPSA) is 113 Å². The predicted molar refractivity (Wildman–Crippen MR) is 134 cm³/mol. The van der Waals surface area contributed by atoms with Crippen molar-refractivity contribution in [2.24, 2.45) is 0 Å². The molecule has 2 aromatic heterocycles. The number of anilines is 2. The molecule has 0 bridgehead atoms. The Hall–Kier alpha value is -4.51. The fraction of sp³-hybridized carbons (Fsp3) is 0.222. The van der Waals surface area contributed by atoms with Crippen LogP contribution in [0.2, 0.25) is 0 Å². The SMILES string of the molecule is Cc1cc(C)c2nc(-n3ncc(C#N)c3NC(=O)c3ccc4c(c3)CCCC(=O)N4)cc(C)c2c1. The standard InChI is InChI=1S/C27H24N6O2/c1-15-9-17(3)25-21(10-15)16(2)11-23(31-25)33-26(20(13-28)14-29-33)32-27(35)19-7-8-22-18(12-19)5-4-6-24(34)30-22/h7-12,14H,4-6H2,1-3H3,(H,30,34)(H,32,35). The molecule has 0 spiro atoms. The van der Waals surface area contributed by atoms with E-state index in [9.17, 15) is 14.9 Å². The second-order valence-electron chi connectivity index (χ2n) is 8.93. The summed E-state index contributed by atoms with van der Waals surface area (Å²) in [7, 11) is 0. The Morgan fingerprint density at radius 2 is 1.94 bits per heavy atom. The molecule has 3 heterocycles. The fourth-order valence-corrected chi connectivity index (χ4v) is 4.56. The van der Waals surface area contributed by atoms with Gasteiger partial charge >= 0.3 is 0 Å². The van der Waals surface area contributed by atoms with E-state index in [-0.39, 0.29) is 23.2 Å². The van der Waals surface area contributed by atoms with Gasteiger partial charge in [-0.1, -0.05) is 11.6 Å². The zero-order valence-corrected chi connectivity index (χ0v) is 19.8. The molecule has 0 atom stereocenters. The first-order valence-corrected chi connectivity index (χ1v) is 11.5. The number of rotatable bonds is 3. The number of aryl methyl sites for hydroxylation is 4. The zero-order valence-electron chi connectivity index (χ0n) is 19.8. The van der Waals surface area contributed by atoms with Gasteiger partial charge in [-0.2, -0.15) is 15.0 Å². The average Bonchev–Trinajstić information content (AvgIpc) is 3.12. The van der Waals surface area contributed by atoms with Crippen LogP contribution in [0.1, 0.15) is 51.0 Å². The minimum absolute atomic E-state index is 0.0212. The molecule has 0 aliphatic carbocycles. The van der Waals surface area contributed by atoms with E-state index < -0.39 is 0 Å². The summed E-state index contributed by atoms with van der Waals surface area (Å²) < 4.78 is 1.49. The third-order valence-corrected chi connectivity index (χ3v) is 6.27. The number of aromatic nitrogens is 3. The van der Waals surface area contributed by atoms with Gasteiger partial charge in [0.05, 0.1) is 11.7 Å². The molecule has 0 unspecified atom stereocenters. The van der Waals surface area contributed by atoms with Crippen molar-refractivity contribution in [3.8, 4) is 11.9 Å². The molecule has 2 N–H and O–H groups in total. The van der Waals surface area contributed by atoms with Crippen molar-refractivity contribution < 1.29 is 9.59 Å². The Bertz CT molecular complexity index is 1560. The van der Waals surface area contributed by atoms with Crippen molar-refractivity contribution in [3.63, 3.8) is 0 Å². The number of amides is 2. The number of pyridine rings is 1. The lowest BCUT2D eigenvalue weighted by Gasteiger charge is -2.13. The van der Waals surface area contributed by atoms with E-state index in [0.717, 1.165) is 45.3 Å². The molecule has 1 aliphatic heterocycles. The maximum atomic E-state index is 13.2. The van der Waals surface area contributed by atoms with Crippen LogP contribution in [0.4, 0.5) is 11.5 Å². The van der Waals surface area contributed by atoms with E-state index in [1.54, 1.807) is 18.2 Å². The van der Waals surface area contributed by atoms with Crippen LogP contribution in [0.3, 0.4) is 0 Å². The van der Waals surface area contributed by atoms with E-state index in [1.165, 1.54) is 10.9 Å². The van der Waals surface area contributed by atoms with Gasteiger partial charge in [0.25, 0.3) is 5.91 Å². The minimum atomic E-state index is -0.370. The molecular formula is C27H24N6O2. The molecule has 2 aromatic carbocycles. The zero-order chi connectivity index (χ0) is 24.7. The second kappa shape index (κ2) is 8.69. The molecule has 0 saturated heterocycles. The number of nitrogens with one attached hydrogen (secondary N) is 2. The molecule has 0 saturated carbocycles. The quantitative estimate of drug-likeness (QED) is 0.455. The largest absolute Gasteiger partial charge is 0.326 e. The molecule has 35 heavy (non-hydrogen) atoms. The van der Waals surface area contributed by atoms with E-state index >= 15 is 0 Å². The minimum Gasteiger partial charge on any atom is -0.326 e. The number of nitriles is 1. The summed E-state index contributed by atoms with van der Waals surface area (Å²) >= 11 is 0. The van der Waals surface area contributed by atoms with Crippen molar-refractivity contribution in [2.75, 3.05) is 10.6 Å². The Labute approximate surface area is 202 Å². The van der Waals surface area contributed by atoms with Crippen LogP contribution < -0.4 is 10.6 Å². The summed E-state index contributed by atoms with van der Waals surface area (Å²) in [5.41, 5.74) is 6.39. The number of hydrogen-bond acceptors (Lipinski definition) is 5. The highest BCUT2D eigenvalue weighted by Crippen LogP contribution is 2.28. The van der Waals surface area contributed by atoms with Gasteiger partial charge in [0.2, 0.25) is 5.91 Å². The van der Waals surface area contributed by atoms with Gasteiger partial charge in [-0.15, -0.1) is 0 Å². The van der Waals surface area contributed by atoms with Crippen molar-refractivity contribution in [3.05, 3.63) is 76.0 Å². The first kappa shape index (κ1) is 22.3. The van der Waals surface area contributed by atoms with Crippen molar-refractivity contribution in [2.45, 2.75) is 40.0 Å². The Balaban J connectivity index is 1.53. The highest BCUT2D eigenvalue weighted by atomic mass is 16.2. The molecule has 5 rings (SSSR count). The van der Waals surface area contributed by atoms with E-state index in [4.69, 9.17) is 4.98 Å². The number of fused-ring (bicyclic) bond motifs is 2. The second-order valence-corrected chi connectivity index (χ2v) is 8.93. The molecule has 0 radical (unpaired) electrons.